The maximum absolute atomic E-state index is 12.7. The van der Waals surface area contributed by atoms with Crippen LogP contribution in [0.1, 0.15) is 40.9 Å². The normalized spacial score (nSPS) is 19.3. The minimum atomic E-state index is -4.26. The summed E-state index contributed by atoms with van der Waals surface area (Å²) in [5.41, 5.74) is 3.33. The summed E-state index contributed by atoms with van der Waals surface area (Å²) < 4.78 is 38.2. The summed E-state index contributed by atoms with van der Waals surface area (Å²) in [4.78, 5) is 26.4. The predicted octanol–water partition coefficient (Wildman–Crippen LogP) is 4.88. The summed E-state index contributed by atoms with van der Waals surface area (Å²) in [7, 11) is 0. The van der Waals surface area contributed by atoms with Gasteiger partial charge in [0.25, 0.3) is 0 Å². The third kappa shape index (κ3) is 5.71. The van der Waals surface area contributed by atoms with Gasteiger partial charge in [-0.3, -0.25) is 0 Å². The van der Waals surface area contributed by atoms with Gasteiger partial charge in [-0.1, -0.05) is 18.2 Å². The molecule has 2 heterocycles. The van der Waals surface area contributed by atoms with Gasteiger partial charge in [0.05, 0.1) is 17.4 Å². The number of hydrogen-bond acceptors (Lipinski definition) is 7. The van der Waals surface area contributed by atoms with E-state index >= 15 is 0 Å². The molecular formula is C21H21F3N4O2S. The number of hydrogen-bond donors (Lipinski definition) is 2. The Labute approximate surface area is 180 Å². The average molecular weight is 450 g/mol. The number of nitrogens with one attached hydrogen (secondary N) is 2. The van der Waals surface area contributed by atoms with Crippen LogP contribution in [0.5, 0.6) is 0 Å². The summed E-state index contributed by atoms with van der Waals surface area (Å²) in [5, 5.41) is 3.94. The summed E-state index contributed by atoms with van der Waals surface area (Å²) in [6, 6.07) is 10.3. The second kappa shape index (κ2) is 9.19. The second-order valence-electron chi connectivity index (χ2n) is 7.52. The molecule has 2 aromatic heterocycles. The lowest BCUT2D eigenvalue weighted by atomic mass is 9.91. The molecule has 4 rings (SSSR count). The highest BCUT2D eigenvalue weighted by Gasteiger charge is 2.29. The zero-order chi connectivity index (χ0) is 21.8. The largest absolute Gasteiger partial charge is 0.393 e. The molecule has 0 saturated heterocycles. The number of rotatable bonds is 6. The van der Waals surface area contributed by atoms with Crippen molar-refractivity contribution in [2.24, 2.45) is 0 Å². The fourth-order valence-corrected chi connectivity index (χ4v) is 4.72. The highest BCUT2D eigenvalue weighted by molar-refractivity contribution is 7.18. The van der Waals surface area contributed by atoms with Crippen LogP contribution >= 0.6 is 11.3 Å². The molecule has 1 fully saturated rings. The summed E-state index contributed by atoms with van der Waals surface area (Å²) >= 11 is 1.03. The zero-order valence-corrected chi connectivity index (χ0v) is 17.3. The Morgan fingerprint density at radius 1 is 1.16 bits per heavy atom. The minimum Gasteiger partial charge on any atom is -0.367 e. The molecule has 164 valence electrons. The lowest BCUT2D eigenvalue weighted by Crippen LogP contribution is -2.40. The quantitative estimate of drug-likeness (QED) is 0.522. The van der Waals surface area contributed by atoms with Gasteiger partial charge >= 0.3 is 12.1 Å². The molecule has 0 spiro atoms. The number of thiophene rings is 1. The van der Waals surface area contributed by atoms with Crippen molar-refractivity contribution >= 4 is 33.3 Å². The second-order valence-corrected chi connectivity index (χ2v) is 8.64. The van der Waals surface area contributed by atoms with E-state index in [1.54, 1.807) is 24.3 Å². The van der Waals surface area contributed by atoms with Gasteiger partial charge in [-0.15, -0.1) is 16.8 Å². The minimum absolute atomic E-state index is 0.0282. The predicted molar refractivity (Wildman–Crippen MR) is 112 cm³/mol. The molecule has 1 aliphatic carbocycles. The first-order valence-corrected chi connectivity index (χ1v) is 10.8. The van der Waals surface area contributed by atoms with Gasteiger partial charge in [0.2, 0.25) is 0 Å². The first-order chi connectivity index (χ1) is 14.9. The maximum Gasteiger partial charge on any atom is 0.393 e. The van der Waals surface area contributed by atoms with Crippen LogP contribution in [0.25, 0.3) is 10.2 Å². The van der Waals surface area contributed by atoms with Gasteiger partial charge in [0, 0.05) is 17.0 Å². The monoisotopic (exact) mass is 450 g/mol. The molecule has 0 aliphatic heterocycles. The van der Waals surface area contributed by atoms with Crippen molar-refractivity contribution in [1.29, 1.82) is 0 Å². The van der Waals surface area contributed by atoms with Crippen molar-refractivity contribution < 1.29 is 22.8 Å². The van der Waals surface area contributed by atoms with Crippen molar-refractivity contribution in [2.45, 2.75) is 50.4 Å². The number of fused-ring (bicyclic) bond motifs is 1. The van der Waals surface area contributed by atoms with Crippen LogP contribution in [0.15, 0.2) is 42.7 Å². The van der Waals surface area contributed by atoms with Crippen molar-refractivity contribution in [3.8, 4) is 0 Å². The highest BCUT2D eigenvalue weighted by Crippen LogP contribution is 2.33. The third-order valence-electron chi connectivity index (χ3n) is 5.10. The van der Waals surface area contributed by atoms with E-state index in [2.05, 4.69) is 20.8 Å². The van der Waals surface area contributed by atoms with Crippen LogP contribution < -0.4 is 10.8 Å². The Morgan fingerprint density at radius 2 is 1.94 bits per heavy atom. The Kier molecular flexibility index (Phi) is 6.38. The summed E-state index contributed by atoms with van der Waals surface area (Å²) in [6.45, 7) is 0. The topological polar surface area (TPSA) is 76.1 Å². The van der Waals surface area contributed by atoms with Gasteiger partial charge in [-0.05, 0) is 43.9 Å². The summed E-state index contributed by atoms with van der Waals surface area (Å²) in [6.07, 6.45) is -0.540. The standard InChI is InChI=1S/C21H21F3N4O2S/c22-21(23,24)11-16-10-17-18(25-12-26-19(17)31-16)27-14-7-4-8-15(9-14)28-30-20(29)13-5-2-1-3-6-13/h1-3,5-6,10,12,14-15,28H,4,7-9,11H2,(H,25,26,27)/t14-,15+/m1/s1. The van der Waals surface area contributed by atoms with Gasteiger partial charge < -0.3 is 10.2 Å². The first-order valence-electron chi connectivity index (χ1n) is 9.96. The molecule has 0 radical (unpaired) electrons. The number of hydroxylamine groups is 1. The molecule has 10 heteroatoms. The lowest BCUT2D eigenvalue weighted by molar-refractivity contribution is -0.126. The van der Waals surface area contributed by atoms with Crippen molar-refractivity contribution in [3.05, 3.63) is 53.2 Å². The molecule has 3 aromatic rings. The smallest absolute Gasteiger partial charge is 0.367 e. The molecule has 2 N–H and O–H groups in total. The first kappa shape index (κ1) is 21.5. The van der Waals surface area contributed by atoms with E-state index < -0.39 is 18.6 Å². The fourth-order valence-electron chi connectivity index (χ4n) is 3.70. The van der Waals surface area contributed by atoms with Crippen LogP contribution in [0.4, 0.5) is 19.0 Å². The Hall–Kier alpha value is -2.72. The highest BCUT2D eigenvalue weighted by atomic mass is 32.1. The molecule has 2 atom stereocenters. The van der Waals surface area contributed by atoms with Crippen LogP contribution in [0.3, 0.4) is 0 Å². The van der Waals surface area contributed by atoms with E-state index in [0.717, 1.165) is 30.6 Å². The Bertz CT molecular complexity index is 1040. The molecule has 1 saturated carbocycles. The van der Waals surface area contributed by atoms with Gasteiger partial charge in [0.15, 0.2) is 0 Å². The number of nitrogens with zero attached hydrogens (tertiary/aromatic N) is 2. The van der Waals surface area contributed by atoms with Gasteiger partial charge in [-0.2, -0.15) is 13.2 Å². The van der Waals surface area contributed by atoms with Crippen molar-refractivity contribution in [1.82, 2.24) is 15.4 Å². The number of benzene rings is 1. The SMILES string of the molecule is O=C(ON[C@H]1CCC[C@@H](Nc2ncnc3sc(CC(F)(F)F)cc23)C1)c1ccccc1. The van der Waals surface area contributed by atoms with Crippen LogP contribution in [0, 0.1) is 0 Å². The number of alkyl halides is 3. The Morgan fingerprint density at radius 3 is 2.71 bits per heavy atom. The Balaban J connectivity index is 1.38. The van der Waals surface area contributed by atoms with E-state index in [1.807, 2.05) is 6.07 Å². The lowest BCUT2D eigenvalue weighted by Gasteiger charge is -2.30. The number of carbonyl (C=O) groups is 1. The molecule has 6 nitrogen and oxygen atoms in total. The van der Waals surface area contributed by atoms with Crippen LogP contribution in [-0.2, 0) is 11.3 Å². The van der Waals surface area contributed by atoms with Crippen molar-refractivity contribution in [3.63, 3.8) is 0 Å². The average Bonchev–Trinajstić information content (AvgIpc) is 3.14. The molecule has 1 aliphatic rings. The van der Waals surface area contributed by atoms with Crippen LogP contribution in [0.2, 0.25) is 0 Å². The third-order valence-corrected chi connectivity index (χ3v) is 6.14. The maximum atomic E-state index is 12.7. The van der Waals surface area contributed by atoms with E-state index in [4.69, 9.17) is 4.84 Å². The molecule has 31 heavy (non-hydrogen) atoms. The fraction of sp³-hybridized carbons (Fsp3) is 0.381. The molecule has 0 bridgehead atoms. The van der Waals surface area contributed by atoms with Gasteiger partial charge in [-0.25, -0.2) is 14.8 Å². The molecular weight excluding hydrogens is 429 g/mol. The number of anilines is 1. The number of aromatic nitrogens is 2. The van der Waals surface area contributed by atoms with Gasteiger partial charge in [0.1, 0.15) is 17.0 Å². The molecule has 0 amide bonds. The van der Waals surface area contributed by atoms with E-state index in [9.17, 15) is 18.0 Å². The van der Waals surface area contributed by atoms with E-state index in [0.29, 0.717) is 28.0 Å². The van der Waals surface area contributed by atoms with Crippen molar-refractivity contribution in [2.75, 3.05) is 5.32 Å². The number of carbonyl (C=O) groups excluding carboxylic acids is 1. The summed E-state index contributed by atoms with van der Waals surface area (Å²) in [5.74, 6) is 0.0882. The zero-order valence-electron chi connectivity index (χ0n) is 16.5. The molecule has 0 unspecified atom stereocenters. The van der Waals surface area contributed by atoms with E-state index in [-0.39, 0.29) is 17.0 Å². The van der Waals surface area contributed by atoms with E-state index in [1.165, 1.54) is 12.4 Å². The molecule has 1 aromatic carbocycles. The van der Waals surface area contributed by atoms with Crippen LogP contribution in [-0.4, -0.2) is 34.2 Å². The number of halogens is 3.